The highest BCUT2D eigenvalue weighted by Gasteiger charge is 2.21. The summed E-state index contributed by atoms with van der Waals surface area (Å²) < 4.78 is 19.2. The van der Waals surface area contributed by atoms with Crippen LogP contribution in [-0.4, -0.2) is 12.0 Å². The van der Waals surface area contributed by atoms with Gasteiger partial charge in [-0.2, -0.15) is 0 Å². The van der Waals surface area contributed by atoms with Gasteiger partial charge in [-0.15, -0.1) is 0 Å². The molecule has 0 aliphatic carbocycles. The van der Waals surface area contributed by atoms with E-state index >= 15 is 0 Å². The summed E-state index contributed by atoms with van der Waals surface area (Å²) >= 11 is 0. The van der Waals surface area contributed by atoms with Crippen molar-refractivity contribution in [2.75, 3.05) is 0 Å². The minimum Gasteiger partial charge on any atom is -0.478 e. The van der Waals surface area contributed by atoms with Gasteiger partial charge in [-0.3, -0.25) is 4.79 Å². The molecule has 1 N–H and O–H groups in total. The quantitative estimate of drug-likeness (QED) is 0.816. The molecule has 0 spiro atoms. The monoisotopic (exact) mass is 329 g/mol. The molecule has 2 atom stereocenters. The van der Waals surface area contributed by atoms with Crippen LogP contribution in [-0.2, 0) is 11.2 Å². The van der Waals surface area contributed by atoms with Crippen LogP contribution in [0.3, 0.4) is 0 Å². The van der Waals surface area contributed by atoms with Gasteiger partial charge in [0.1, 0.15) is 0 Å². The maximum absolute atomic E-state index is 13.7. The lowest BCUT2D eigenvalue weighted by molar-refractivity contribution is -0.128. The van der Waals surface area contributed by atoms with E-state index in [1.807, 2.05) is 26.0 Å². The molecule has 0 radical (unpaired) electrons. The first kappa shape index (κ1) is 18.0. The highest BCUT2D eigenvalue weighted by atomic mass is 19.1. The van der Waals surface area contributed by atoms with E-state index in [9.17, 15) is 9.18 Å². The number of nitrogens with one attached hydrogen (secondary N) is 1. The third kappa shape index (κ3) is 4.57. The standard InChI is InChI=1S/C20H24FNO2/c1-4-15-10-12-16(13-11-15)14(3)22-20(23)18(5-2)24-19-9-7-6-8-17(19)21/h6-14,18H,4-5H2,1-3H3,(H,22,23)/t14-,18-/m0/s1. The molecular weight excluding hydrogens is 305 g/mol. The third-order valence-electron chi connectivity index (χ3n) is 4.02. The van der Waals surface area contributed by atoms with Gasteiger partial charge in [0.05, 0.1) is 6.04 Å². The number of amides is 1. The van der Waals surface area contributed by atoms with Crippen LogP contribution in [0.1, 0.15) is 44.4 Å². The maximum atomic E-state index is 13.7. The predicted molar refractivity (Wildman–Crippen MR) is 93.5 cm³/mol. The molecule has 2 rings (SSSR count). The number of hydrogen-bond donors (Lipinski definition) is 1. The molecule has 128 valence electrons. The number of rotatable bonds is 7. The highest BCUT2D eigenvalue weighted by molar-refractivity contribution is 5.81. The van der Waals surface area contributed by atoms with Crippen molar-refractivity contribution in [2.45, 2.75) is 45.8 Å². The number of hydrogen-bond acceptors (Lipinski definition) is 2. The van der Waals surface area contributed by atoms with Crippen LogP contribution in [0.4, 0.5) is 4.39 Å². The van der Waals surface area contributed by atoms with Crippen LogP contribution >= 0.6 is 0 Å². The molecule has 2 aromatic rings. The Bertz CT molecular complexity index is 670. The average Bonchev–Trinajstić information content (AvgIpc) is 2.61. The summed E-state index contributed by atoms with van der Waals surface area (Å²) in [6.45, 7) is 5.87. The molecule has 0 heterocycles. The molecule has 0 bridgehead atoms. The van der Waals surface area contributed by atoms with Crippen molar-refractivity contribution in [1.82, 2.24) is 5.32 Å². The molecule has 0 fully saturated rings. The summed E-state index contributed by atoms with van der Waals surface area (Å²) in [7, 11) is 0. The number of carbonyl (C=O) groups excluding carboxylic acids is 1. The second-order valence-corrected chi connectivity index (χ2v) is 5.77. The van der Waals surface area contributed by atoms with Crippen LogP contribution in [0, 0.1) is 5.82 Å². The van der Waals surface area contributed by atoms with E-state index in [4.69, 9.17) is 4.74 Å². The van der Waals surface area contributed by atoms with Crippen LogP contribution in [0.25, 0.3) is 0 Å². The number of halogens is 1. The molecule has 0 aromatic heterocycles. The largest absolute Gasteiger partial charge is 0.478 e. The summed E-state index contributed by atoms with van der Waals surface area (Å²) in [6.07, 6.45) is 0.719. The van der Waals surface area contributed by atoms with Crippen molar-refractivity contribution < 1.29 is 13.9 Å². The van der Waals surface area contributed by atoms with Crippen LogP contribution in [0.5, 0.6) is 5.75 Å². The Morgan fingerprint density at radius 1 is 1.12 bits per heavy atom. The topological polar surface area (TPSA) is 38.3 Å². The SMILES string of the molecule is CCc1ccc([C@H](C)NC(=O)[C@H](CC)Oc2ccccc2F)cc1. The number of para-hydroxylation sites is 1. The number of ether oxygens (including phenoxy) is 1. The molecule has 0 unspecified atom stereocenters. The van der Waals surface area contributed by atoms with E-state index in [1.165, 1.54) is 17.7 Å². The lowest BCUT2D eigenvalue weighted by Gasteiger charge is -2.21. The fourth-order valence-electron chi connectivity index (χ4n) is 2.45. The molecule has 24 heavy (non-hydrogen) atoms. The third-order valence-corrected chi connectivity index (χ3v) is 4.02. The molecule has 2 aromatic carbocycles. The smallest absolute Gasteiger partial charge is 0.261 e. The van der Waals surface area contributed by atoms with Gasteiger partial charge in [-0.1, -0.05) is 50.2 Å². The summed E-state index contributed by atoms with van der Waals surface area (Å²) in [5.41, 5.74) is 2.29. The first-order valence-electron chi connectivity index (χ1n) is 8.35. The molecule has 0 saturated heterocycles. The Labute approximate surface area is 142 Å². The van der Waals surface area contributed by atoms with Crippen molar-refractivity contribution >= 4 is 5.91 Å². The maximum Gasteiger partial charge on any atom is 0.261 e. The summed E-state index contributed by atoms with van der Waals surface area (Å²) in [4.78, 5) is 12.4. The fraction of sp³-hybridized carbons (Fsp3) is 0.350. The molecule has 1 amide bonds. The number of aryl methyl sites for hydroxylation is 1. The van der Waals surface area contributed by atoms with E-state index in [0.29, 0.717) is 6.42 Å². The lowest BCUT2D eigenvalue weighted by atomic mass is 10.0. The molecule has 0 saturated carbocycles. The highest BCUT2D eigenvalue weighted by Crippen LogP contribution is 2.19. The Morgan fingerprint density at radius 2 is 1.79 bits per heavy atom. The molecule has 3 nitrogen and oxygen atoms in total. The van der Waals surface area contributed by atoms with E-state index in [-0.39, 0.29) is 17.7 Å². The van der Waals surface area contributed by atoms with Gasteiger partial charge < -0.3 is 10.1 Å². The van der Waals surface area contributed by atoms with E-state index in [1.54, 1.807) is 12.1 Å². The molecule has 4 heteroatoms. The van der Waals surface area contributed by atoms with Gasteiger partial charge in [0.2, 0.25) is 0 Å². The van der Waals surface area contributed by atoms with Gasteiger partial charge in [0.25, 0.3) is 5.91 Å². The number of carbonyl (C=O) groups is 1. The Kier molecular flexibility index (Phi) is 6.36. The van der Waals surface area contributed by atoms with Crippen molar-refractivity contribution in [3.05, 3.63) is 65.5 Å². The lowest BCUT2D eigenvalue weighted by Crippen LogP contribution is -2.39. The Balaban J connectivity index is 2.01. The molecule has 0 aliphatic heterocycles. The van der Waals surface area contributed by atoms with Gasteiger partial charge in [-0.25, -0.2) is 4.39 Å². The average molecular weight is 329 g/mol. The zero-order valence-electron chi connectivity index (χ0n) is 14.4. The van der Waals surface area contributed by atoms with Crippen molar-refractivity contribution in [3.8, 4) is 5.75 Å². The summed E-state index contributed by atoms with van der Waals surface area (Å²) in [5, 5.41) is 2.94. The number of benzene rings is 2. The van der Waals surface area contributed by atoms with Crippen molar-refractivity contribution in [3.63, 3.8) is 0 Å². The summed E-state index contributed by atoms with van der Waals surface area (Å²) in [6, 6.07) is 14.1. The molecular formula is C20H24FNO2. The van der Waals surface area contributed by atoms with Crippen LogP contribution < -0.4 is 10.1 Å². The van der Waals surface area contributed by atoms with Crippen molar-refractivity contribution in [1.29, 1.82) is 0 Å². The normalized spacial score (nSPS) is 13.2. The minimum absolute atomic E-state index is 0.0967. The Hall–Kier alpha value is -2.36. The first-order chi connectivity index (χ1) is 11.5. The van der Waals surface area contributed by atoms with Gasteiger partial charge in [0.15, 0.2) is 17.7 Å². The zero-order valence-corrected chi connectivity index (χ0v) is 14.4. The van der Waals surface area contributed by atoms with E-state index in [2.05, 4.69) is 24.4 Å². The second-order valence-electron chi connectivity index (χ2n) is 5.77. The van der Waals surface area contributed by atoms with Gasteiger partial charge in [-0.05, 0) is 43.0 Å². The Morgan fingerprint density at radius 3 is 2.38 bits per heavy atom. The fourth-order valence-corrected chi connectivity index (χ4v) is 2.45. The van der Waals surface area contributed by atoms with Crippen LogP contribution in [0.15, 0.2) is 48.5 Å². The van der Waals surface area contributed by atoms with Gasteiger partial charge >= 0.3 is 0 Å². The first-order valence-corrected chi connectivity index (χ1v) is 8.35. The predicted octanol–water partition coefficient (Wildman–Crippen LogP) is 4.42. The van der Waals surface area contributed by atoms with E-state index < -0.39 is 11.9 Å². The van der Waals surface area contributed by atoms with Gasteiger partial charge in [0, 0.05) is 0 Å². The summed E-state index contributed by atoms with van der Waals surface area (Å²) in [5.74, 6) is -0.612. The van der Waals surface area contributed by atoms with Crippen molar-refractivity contribution in [2.24, 2.45) is 0 Å². The van der Waals surface area contributed by atoms with E-state index in [0.717, 1.165) is 12.0 Å². The molecule has 0 aliphatic rings. The van der Waals surface area contributed by atoms with Crippen LogP contribution in [0.2, 0.25) is 0 Å². The second kappa shape index (κ2) is 8.48. The zero-order chi connectivity index (χ0) is 17.5. The minimum atomic E-state index is -0.723.